The molecule has 0 bridgehead atoms. The Kier molecular flexibility index (Phi) is 4.11. The van der Waals surface area contributed by atoms with Gasteiger partial charge in [-0.1, -0.05) is 30.3 Å². The van der Waals surface area contributed by atoms with Gasteiger partial charge in [-0.05, 0) is 48.1 Å². The molecule has 3 rings (SSSR count). The largest absolute Gasteiger partial charge is 0.497 e. The van der Waals surface area contributed by atoms with E-state index in [0.717, 1.165) is 36.5 Å². The van der Waals surface area contributed by atoms with E-state index in [1.807, 2.05) is 30.3 Å². The maximum absolute atomic E-state index is 6.41. The molecule has 0 aromatic heterocycles. The second-order valence-electron chi connectivity index (χ2n) is 5.49. The predicted molar refractivity (Wildman–Crippen MR) is 83.8 cm³/mol. The van der Waals surface area contributed by atoms with Gasteiger partial charge < -0.3 is 15.2 Å². The number of benzene rings is 2. The van der Waals surface area contributed by atoms with E-state index >= 15 is 0 Å². The second-order valence-corrected chi connectivity index (χ2v) is 5.49. The first-order valence-corrected chi connectivity index (χ1v) is 7.39. The summed E-state index contributed by atoms with van der Waals surface area (Å²) in [7, 11) is 1.68. The first-order valence-electron chi connectivity index (χ1n) is 7.39. The Balaban J connectivity index is 1.77. The highest BCUT2D eigenvalue weighted by molar-refractivity contribution is 5.38. The van der Waals surface area contributed by atoms with Gasteiger partial charge in [0.15, 0.2) is 0 Å². The van der Waals surface area contributed by atoms with Gasteiger partial charge in [-0.3, -0.25) is 0 Å². The van der Waals surface area contributed by atoms with E-state index in [1.54, 1.807) is 7.11 Å². The molecule has 2 N–H and O–H groups in total. The maximum atomic E-state index is 6.41. The van der Waals surface area contributed by atoms with Crippen LogP contribution in [-0.4, -0.2) is 13.7 Å². The van der Waals surface area contributed by atoms with Crippen molar-refractivity contribution >= 4 is 0 Å². The number of hydrogen-bond donors (Lipinski definition) is 1. The molecule has 21 heavy (non-hydrogen) atoms. The number of methoxy groups -OCH3 is 1. The molecule has 0 radical (unpaired) electrons. The highest BCUT2D eigenvalue weighted by Gasteiger charge is 2.23. The fourth-order valence-corrected chi connectivity index (χ4v) is 2.98. The summed E-state index contributed by atoms with van der Waals surface area (Å²) in [6, 6.07) is 16.3. The average Bonchev–Trinajstić information content (AvgIpc) is 2.55. The molecule has 1 heterocycles. The lowest BCUT2D eigenvalue weighted by atomic mass is 9.86. The molecule has 3 heteroatoms. The quantitative estimate of drug-likeness (QED) is 0.931. The molecule has 0 saturated carbocycles. The van der Waals surface area contributed by atoms with Gasteiger partial charge in [-0.2, -0.15) is 0 Å². The number of para-hydroxylation sites is 1. The molecular weight excluding hydrogens is 262 g/mol. The molecule has 110 valence electrons. The zero-order valence-electron chi connectivity index (χ0n) is 12.3. The van der Waals surface area contributed by atoms with Gasteiger partial charge in [0, 0.05) is 6.04 Å². The number of nitrogens with two attached hydrogens (primary N) is 1. The summed E-state index contributed by atoms with van der Waals surface area (Å²) in [5.74, 6) is 2.32. The molecule has 1 aliphatic heterocycles. The van der Waals surface area contributed by atoms with Gasteiger partial charge in [0.05, 0.1) is 13.7 Å². The summed E-state index contributed by atoms with van der Waals surface area (Å²) in [4.78, 5) is 0. The Morgan fingerprint density at radius 2 is 2.10 bits per heavy atom. The second kappa shape index (κ2) is 6.19. The Hall–Kier alpha value is -2.00. The molecule has 0 fully saturated rings. The molecule has 2 aromatic carbocycles. The SMILES string of the molecule is COc1cccc(C(N)CC2CCOc3ccccc32)c1. The first-order chi connectivity index (χ1) is 10.3. The lowest BCUT2D eigenvalue weighted by Crippen LogP contribution is -2.20. The van der Waals surface area contributed by atoms with Crippen LogP contribution in [0.1, 0.15) is 35.9 Å². The summed E-state index contributed by atoms with van der Waals surface area (Å²) in [5, 5.41) is 0. The van der Waals surface area contributed by atoms with Crippen molar-refractivity contribution in [3.05, 3.63) is 59.7 Å². The average molecular weight is 283 g/mol. The van der Waals surface area contributed by atoms with E-state index in [-0.39, 0.29) is 6.04 Å². The third kappa shape index (κ3) is 3.03. The van der Waals surface area contributed by atoms with E-state index in [9.17, 15) is 0 Å². The van der Waals surface area contributed by atoms with Crippen molar-refractivity contribution in [2.24, 2.45) is 5.73 Å². The Morgan fingerprint density at radius 1 is 1.24 bits per heavy atom. The lowest BCUT2D eigenvalue weighted by molar-refractivity contribution is 0.259. The molecule has 0 spiro atoms. The van der Waals surface area contributed by atoms with Crippen molar-refractivity contribution in [1.82, 2.24) is 0 Å². The third-order valence-electron chi connectivity index (χ3n) is 4.14. The number of ether oxygens (including phenoxy) is 2. The topological polar surface area (TPSA) is 44.5 Å². The molecule has 1 aliphatic rings. The summed E-state index contributed by atoms with van der Waals surface area (Å²) in [5.41, 5.74) is 8.81. The fraction of sp³-hybridized carbons (Fsp3) is 0.333. The van der Waals surface area contributed by atoms with E-state index < -0.39 is 0 Å². The third-order valence-corrected chi connectivity index (χ3v) is 4.14. The minimum Gasteiger partial charge on any atom is -0.497 e. The van der Waals surface area contributed by atoms with Crippen LogP contribution in [0.2, 0.25) is 0 Å². The molecule has 2 atom stereocenters. The smallest absolute Gasteiger partial charge is 0.122 e. The predicted octanol–water partition coefficient (Wildman–Crippen LogP) is 3.65. The van der Waals surface area contributed by atoms with Crippen LogP contribution in [0.4, 0.5) is 0 Å². The molecule has 0 aliphatic carbocycles. The summed E-state index contributed by atoms with van der Waals surface area (Å²) in [6.07, 6.45) is 1.95. The molecule has 0 saturated heterocycles. The van der Waals surface area contributed by atoms with Gasteiger partial charge in [-0.25, -0.2) is 0 Å². The normalized spacial score (nSPS) is 18.5. The number of fused-ring (bicyclic) bond motifs is 1. The van der Waals surface area contributed by atoms with Crippen LogP contribution in [0.25, 0.3) is 0 Å². The summed E-state index contributed by atoms with van der Waals surface area (Å²) < 4.78 is 11.0. The van der Waals surface area contributed by atoms with E-state index in [1.165, 1.54) is 5.56 Å². The van der Waals surface area contributed by atoms with Crippen molar-refractivity contribution in [1.29, 1.82) is 0 Å². The van der Waals surface area contributed by atoms with Gasteiger partial charge in [0.25, 0.3) is 0 Å². The number of rotatable bonds is 4. The lowest BCUT2D eigenvalue weighted by Gasteiger charge is -2.28. The molecule has 2 unspecified atom stereocenters. The van der Waals surface area contributed by atoms with Gasteiger partial charge in [-0.15, -0.1) is 0 Å². The van der Waals surface area contributed by atoms with Crippen molar-refractivity contribution in [3.63, 3.8) is 0 Å². The van der Waals surface area contributed by atoms with Crippen LogP contribution in [0.5, 0.6) is 11.5 Å². The minimum atomic E-state index is 0.0104. The highest BCUT2D eigenvalue weighted by atomic mass is 16.5. The van der Waals surface area contributed by atoms with Crippen LogP contribution in [0, 0.1) is 0 Å². The molecular formula is C18H21NO2. The van der Waals surface area contributed by atoms with Crippen LogP contribution in [0.15, 0.2) is 48.5 Å². The van der Waals surface area contributed by atoms with Crippen molar-refractivity contribution in [2.75, 3.05) is 13.7 Å². The highest BCUT2D eigenvalue weighted by Crippen LogP contribution is 2.38. The Bertz CT molecular complexity index is 612. The minimum absolute atomic E-state index is 0.0104. The molecule has 2 aromatic rings. The van der Waals surface area contributed by atoms with Crippen molar-refractivity contribution < 1.29 is 9.47 Å². The zero-order valence-corrected chi connectivity index (χ0v) is 12.3. The maximum Gasteiger partial charge on any atom is 0.122 e. The first kappa shape index (κ1) is 14.0. The monoisotopic (exact) mass is 283 g/mol. The van der Waals surface area contributed by atoms with Crippen LogP contribution >= 0.6 is 0 Å². The van der Waals surface area contributed by atoms with Gasteiger partial charge in [0.1, 0.15) is 11.5 Å². The van der Waals surface area contributed by atoms with Gasteiger partial charge >= 0.3 is 0 Å². The summed E-state index contributed by atoms with van der Waals surface area (Å²) in [6.45, 7) is 0.770. The molecule has 3 nitrogen and oxygen atoms in total. The van der Waals surface area contributed by atoms with Crippen molar-refractivity contribution in [2.45, 2.75) is 24.8 Å². The zero-order chi connectivity index (χ0) is 14.7. The number of hydrogen-bond acceptors (Lipinski definition) is 3. The molecule has 0 amide bonds. The Labute approximate surface area is 125 Å². The van der Waals surface area contributed by atoms with Crippen LogP contribution in [-0.2, 0) is 0 Å². The van der Waals surface area contributed by atoms with E-state index in [0.29, 0.717) is 5.92 Å². The van der Waals surface area contributed by atoms with Crippen molar-refractivity contribution in [3.8, 4) is 11.5 Å². The Morgan fingerprint density at radius 3 is 2.95 bits per heavy atom. The van der Waals surface area contributed by atoms with Crippen LogP contribution in [0.3, 0.4) is 0 Å². The summed E-state index contributed by atoms with van der Waals surface area (Å²) >= 11 is 0. The van der Waals surface area contributed by atoms with E-state index in [2.05, 4.69) is 18.2 Å². The van der Waals surface area contributed by atoms with E-state index in [4.69, 9.17) is 15.2 Å². The van der Waals surface area contributed by atoms with Gasteiger partial charge in [0.2, 0.25) is 0 Å². The fourth-order valence-electron chi connectivity index (χ4n) is 2.98. The van der Waals surface area contributed by atoms with Crippen LogP contribution < -0.4 is 15.2 Å². The standard InChI is InChI=1S/C18H21NO2/c1-20-15-6-4-5-14(11-15)17(19)12-13-9-10-21-18-8-3-2-7-16(13)18/h2-8,11,13,17H,9-10,12,19H2,1H3.